The van der Waals surface area contributed by atoms with Crippen LogP contribution in [0.4, 0.5) is 5.13 Å². The molecular weight excluding hydrogens is 426 g/mol. The first-order valence-electron chi connectivity index (χ1n) is 8.21. The first-order valence-corrected chi connectivity index (χ1v) is 9.82. The van der Waals surface area contributed by atoms with E-state index in [2.05, 4.69) is 26.2 Å². The Morgan fingerprint density at radius 1 is 1.07 bits per heavy atom. The number of para-hydroxylation sites is 1. The van der Waals surface area contributed by atoms with Gasteiger partial charge in [-0.25, -0.2) is 4.98 Å². The predicted octanol–water partition coefficient (Wildman–Crippen LogP) is 4.52. The molecule has 0 aliphatic carbocycles. The number of carbonyl (C=O) groups is 1. The van der Waals surface area contributed by atoms with Crippen molar-refractivity contribution in [1.82, 2.24) is 9.55 Å². The molecule has 0 saturated heterocycles. The van der Waals surface area contributed by atoms with E-state index in [1.165, 1.54) is 22.0 Å². The Morgan fingerprint density at radius 3 is 2.63 bits per heavy atom. The van der Waals surface area contributed by atoms with E-state index in [1.807, 2.05) is 48.5 Å². The fraction of sp³-hybridized carbons (Fsp3) is 0.0500. The fourth-order valence-corrected chi connectivity index (χ4v) is 3.84. The molecule has 4 rings (SSSR count). The van der Waals surface area contributed by atoms with E-state index in [-0.39, 0.29) is 11.1 Å². The minimum absolute atomic E-state index is 0.0915. The zero-order valence-electron chi connectivity index (χ0n) is 14.1. The van der Waals surface area contributed by atoms with Gasteiger partial charge in [0.25, 0.3) is 11.5 Å². The summed E-state index contributed by atoms with van der Waals surface area (Å²) in [5.41, 5.74) is 1.55. The van der Waals surface area contributed by atoms with E-state index in [9.17, 15) is 9.59 Å². The van der Waals surface area contributed by atoms with Gasteiger partial charge >= 0.3 is 0 Å². The van der Waals surface area contributed by atoms with Gasteiger partial charge in [0.15, 0.2) is 5.13 Å². The SMILES string of the molecule is O=C(Nc1nc2ccccc2s1)c1cccn(Cc2ccc(Br)cc2)c1=O. The highest BCUT2D eigenvalue weighted by Crippen LogP contribution is 2.25. The second-order valence-electron chi connectivity index (χ2n) is 5.92. The number of hydrogen-bond donors (Lipinski definition) is 1. The maximum absolute atomic E-state index is 12.7. The number of hydrogen-bond acceptors (Lipinski definition) is 4. The second-order valence-corrected chi connectivity index (χ2v) is 7.87. The van der Waals surface area contributed by atoms with Crippen molar-refractivity contribution in [1.29, 1.82) is 0 Å². The average molecular weight is 440 g/mol. The molecule has 0 saturated carbocycles. The molecule has 1 amide bonds. The monoisotopic (exact) mass is 439 g/mol. The number of pyridine rings is 1. The molecule has 7 heteroatoms. The third-order valence-electron chi connectivity index (χ3n) is 4.05. The number of nitrogens with zero attached hydrogens (tertiary/aromatic N) is 2. The van der Waals surface area contributed by atoms with Gasteiger partial charge in [-0.3, -0.25) is 14.9 Å². The summed E-state index contributed by atoms with van der Waals surface area (Å²) in [7, 11) is 0. The van der Waals surface area contributed by atoms with Crippen LogP contribution in [0.2, 0.25) is 0 Å². The van der Waals surface area contributed by atoms with Crippen LogP contribution >= 0.6 is 27.3 Å². The lowest BCUT2D eigenvalue weighted by Gasteiger charge is -2.08. The van der Waals surface area contributed by atoms with Crippen LogP contribution in [0.25, 0.3) is 10.2 Å². The number of aromatic nitrogens is 2. The van der Waals surface area contributed by atoms with Gasteiger partial charge in [0.05, 0.1) is 16.8 Å². The molecule has 4 aromatic rings. The Balaban J connectivity index is 1.58. The summed E-state index contributed by atoms with van der Waals surface area (Å²) in [6.45, 7) is 0.397. The molecule has 0 radical (unpaired) electrons. The van der Waals surface area contributed by atoms with E-state index in [4.69, 9.17) is 0 Å². The molecule has 0 bridgehead atoms. The van der Waals surface area contributed by atoms with Gasteiger partial charge in [0, 0.05) is 10.7 Å². The highest BCUT2D eigenvalue weighted by molar-refractivity contribution is 9.10. The number of halogens is 1. The maximum Gasteiger partial charge on any atom is 0.263 e. The summed E-state index contributed by atoms with van der Waals surface area (Å²) in [6.07, 6.45) is 1.68. The molecule has 2 aromatic heterocycles. The molecule has 2 heterocycles. The summed E-state index contributed by atoms with van der Waals surface area (Å²) in [4.78, 5) is 29.7. The molecule has 0 unspecified atom stereocenters. The molecule has 0 aliphatic rings. The van der Waals surface area contributed by atoms with Crippen molar-refractivity contribution >= 4 is 48.5 Å². The van der Waals surface area contributed by atoms with E-state index >= 15 is 0 Å². The van der Waals surface area contributed by atoms with Crippen LogP contribution in [0.5, 0.6) is 0 Å². The van der Waals surface area contributed by atoms with Crippen LogP contribution in [0.3, 0.4) is 0 Å². The zero-order valence-corrected chi connectivity index (χ0v) is 16.5. The van der Waals surface area contributed by atoms with Gasteiger partial charge in [-0.1, -0.05) is 51.5 Å². The standard InChI is InChI=1S/C20H14BrN3O2S/c21-14-9-7-13(8-10-14)12-24-11-3-4-15(19(24)26)18(25)23-20-22-16-5-1-2-6-17(16)27-20/h1-11H,12H2,(H,22,23,25). The normalized spacial score (nSPS) is 10.9. The first kappa shape index (κ1) is 17.6. The van der Waals surface area contributed by atoms with Crippen LogP contribution in [0, 0.1) is 0 Å². The summed E-state index contributed by atoms with van der Waals surface area (Å²) >= 11 is 4.77. The lowest BCUT2D eigenvalue weighted by molar-refractivity contribution is 0.102. The van der Waals surface area contributed by atoms with Crippen LogP contribution in [-0.2, 0) is 6.54 Å². The number of amides is 1. The van der Waals surface area contributed by atoms with Gasteiger partial charge in [0.2, 0.25) is 0 Å². The third kappa shape index (κ3) is 3.84. The number of anilines is 1. The molecule has 0 atom stereocenters. The van der Waals surface area contributed by atoms with E-state index in [0.29, 0.717) is 11.7 Å². The first-order chi connectivity index (χ1) is 13.1. The second kappa shape index (κ2) is 7.46. The highest BCUT2D eigenvalue weighted by atomic mass is 79.9. The zero-order chi connectivity index (χ0) is 18.8. The van der Waals surface area contributed by atoms with Crippen molar-refractivity contribution in [2.24, 2.45) is 0 Å². The number of carbonyl (C=O) groups excluding carboxylic acids is 1. The third-order valence-corrected chi connectivity index (χ3v) is 5.53. The predicted molar refractivity (Wildman–Crippen MR) is 112 cm³/mol. The van der Waals surface area contributed by atoms with Crippen LogP contribution < -0.4 is 10.9 Å². The fourth-order valence-electron chi connectivity index (χ4n) is 2.71. The lowest BCUT2D eigenvalue weighted by Crippen LogP contribution is -2.29. The summed E-state index contributed by atoms with van der Waals surface area (Å²) in [6, 6.07) is 18.6. The van der Waals surface area contributed by atoms with Crippen molar-refractivity contribution in [3.63, 3.8) is 0 Å². The van der Waals surface area contributed by atoms with Gasteiger partial charge in [0.1, 0.15) is 5.56 Å². The molecule has 0 spiro atoms. The molecule has 5 nitrogen and oxygen atoms in total. The number of rotatable bonds is 4. The summed E-state index contributed by atoms with van der Waals surface area (Å²) < 4.78 is 3.48. The van der Waals surface area contributed by atoms with Crippen molar-refractivity contribution in [2.75, 3.05) is 5.32 Å². The largest absolute Gasteiger partial charge is 0.310 e. The van der Waals surface area contributed by atoms with Gasteiger partial charge in [-0.2, -0.15) is 0 Å². The van der Waals surface area contributed by atoms with Gasteiger partial charge in [-0.15, -0.1) is 0 Å². The molecule has 0 aliphatic heterocycles. The number of fused-ring (bicyclic) bond motifs is 1. The lowest BCUT2D eigenvalue weighted by atomic mass is 10.2. The quantitative estimate of drug-likeness (QED) is 0.508. The van der Waals surface area contributed by atoms with Crippen molar-refractivity contribution < 1.29 is 4.79 Å². The van der Waals surface area contributed by atoms with Gasteiger partial charge in [-0.05, 0) is 42.0 Å². The number of benzene rings is 2. The van der Waals surface area contributed by atoms with Crippen molar-refractivity contribution in [3.05, 3.63) is 92.8 Å². The number of nitrogens with one attached hydrogen (secondary N) is 1. The Morgan fingerprint density at radius 2 is 1.85 bits per heavy atom. The minimum atomic E-state index is -0.454. The maximum atomic E-state index is 12.7. The summed E-state index contributed by atoms with van der Waals surface area (Å²) in [5, 5.41) is 3.21. The molecule has 134 valence electrons. The Labute approximate surface area is 167 Å². The Bertz CT molecular complexity index is 1150. The number of thiazole rings is 1. The minimum Gasteiger partial charge on any atom is -0.310 e. The van der Waals surface area contributed by atoms with Gasteiger partial charge < -0.3 is 4.57 Å². The van der Waals surface area contributed by atoms with Crippen molar-refractivity contribution in [3.8, 4) is 0 Å². The smallest absolute Gasteiger partial charge is 0.263 e. The van der Waals surface area contributed by atoms with Crippen LogP contribution in [-0.4, -0.2) is 15.5 Å². The Kier molecular flexibility index (Phi) is 4.87. The summed E-state index contributed by atoms with van der Waals surface area (Å²) in [5.74, 6) is -0.454. The van der Waals surface area contributed by atoms with Crippen LogP contribution in [0.1, 0.15) is 15.9 Å². The molecule has 27 heavy (non-hydrogen) atoms. The van der Waals surface area contributed by atoms with E-state index < -0.39 is 5.91 Å². The molecule has 2 aromatic carbocycles. The molecule has 1 N–H and O–H groups in total. The average Bonchev–Trinajstić information content (AvgIpc) is 3.07. The molecule has 0 fully saturated rings. The van der Waals surface area contributed by atoms with Crippen molar-refractivity contribution in [2.45, 2.75) is 6.54 Å². The van der Waals surface area contributed by atoms with E-state index in [0.717, 1.165) is 20.3 Å². The molecular formula is C20H14BrN3O2S. The Hall–Kier alpha value is -2.77. The topological polar surface area (TPSA) is 64.0 Å². The van der Waals surface area contributed by atoms with Crippen LogP contribution in [0.15, 0.2) is 76.1 Å². The highest BCUT2D eigenvalue weighted by Gasteiger charge is 2.14. The van der Waals surface area contributed by atoms with E-state index in [1.54, 1.807) is 12.3 Å².